The fourth-order valence-corrected chi connectivity index (χ4v) is 2.55. The first-order valence-corrected chi connectivity index (χ1v) is 9.06. The molecule has 0 bridgehead atoms. The average Bonchev–Trinajstić information content (AvgIpc) is 2.77. The molecule has 1 N–H and O–H groups in total. The zero-order valence-corrected chi connectivity index (χ0v) is 15.9. The normalized spacial score (nSPS) is 10.5. The third-order valence-electron chi connectivity index (χ3n) is 4.14. The minimum atomic E-state index is -0.542. The minimum absolute atomic E-state index is 0.0179. The lowest BCUT2D eigenvalue weighted by Crippen LogP contribution is -2.11. The van der Waals surface area contributed by atoms with E-state index in [1.807, 2.05) is 18.2 Å². The molecule has 0 aliphatic heterocycles. The number of hydrogen-bond acceptors (Lipinski definition) is 5. The van der Waals surface area contributed by atoms with Crippen LogP contribution in [0.5, 0.6) is 0 Å². The fourth-order valence-electron chi connectivity index (χ4n) is 2.55. The van der Waals surface area contributed by atoms with Gasteiger partial charge in [-0.25, -0.2) is 4.79 Å². The van der Waals surface area contributed by atoms with E-state index in [1.165, 1.54) is 24.3 Å². The predicted molar refractivity (Wildman–Crippen MR) is 113 cm³/mol. The number of hydrogen-bond donors (Lipinski definition) is 1. The van der Waals surface area contributed by atoms with E-state index in [-0.39, 0.29) is 18.2 Å². The lowest BCUT2D eigenvalue weighted by atomic mass is 10.1. The molecule has 0 aromatic heterocycles. The predicted octanol–water partition coefficient (Wildman–Crippen LogP) is 4.60. The zero-order chi connectivity index (χ0) is 21.3. The Balaban J connectivity index is 1.50. The van der Waals surface area contributed by atoms with Crippen molar-refractivity contribution in [3.8, 4) is 0 Å². The van der Waals surface area contributed by atoms with Gasteiger partial charge >= 0.3 is 5.97 Å². The van der Waals surface area contributed by atoms with E-state index in [1.54, 1.807) is 48.5 Å². The van der Waals surface area contributed by atoms with Crippen molar-refractivity contribution in [3.05, 3.63) is 112 Å². The SMILES string of the molecule is O=C(/C=C/c1ccc([N+](=O)[O-])cc1)OCc1ccc(C(=O)Nc2ccccc2)cc1. The summed E-state index contributed by atoms with van der Waals surface area (Å²) in [5, 5.41) is 13.4. The molecule has 150 valence electrons. The first kappa shape index (κ1) is 20.5. The summed E-state index contributed by atoms with van der Waals surface area (Å²) < 4.78 is 5.17. The second-order valence-corrected chi connectivity index (χ2v) is 6.31. The van der Waals surface area contributed by atoms with Gasteiger partial charge in [0.05, 0.1) is 4.92 Å². The Hall–Kier alpha value is -4.26. The number of rotatable bonds is 7. The van der Waals surface area contributed by atoms with E-state index in [2.05, 4.69) is 5.32 Å². The Bertz CT molecular complexity index is 1060. The van der Waals surface area contributed by atoms with Crippen molar-refractivity contribution in [2.75, 3.05) is 5.32 Å². The molecule has 3 rings (SSSR count). The number of nitrogens with zero attached hydrogens (tertiary/aromatic N) is 1. The number of benzene rings is 3. The third kappa shape index (κ3) is 5.87. The molecular weight excluding hydrogens is 384 g/mol. The Kier molecular flexibility index (Phi) is 6.68. The lowest BCUT2D eigenvalue weighted by Gasteiger charge is -2.06. The van der Waals surface area contributed by atoms with Gasteiger partial charge in [0.25, 0.3) is 11.6 Å². The highest BCUT2D eigenvalue weighted by molar-refractivity contribution is 6.04. The molecule has 0 atom stereocenters. The summed E-state index contributed by atoms with van der Waals surface area (Å²) in [7, 11) is 0. The van der Waals surface area contributed by atoms with E-state index < -0.39 is 10.9 Å². The van der Waals surface area contributed by atoms with Gasteiger partial charge in [0.15, 0.2) is 0 Å². The number of amides is 1. The summed E-state index contributed by atoms with van der Waals surface area (Å²) in [6, 6.07) is 21.7. The molecule has 3 aromatic carbocycles. The van der Waals surface area contributed by atoms with E-state index in [4.69, 9.17) is 4.74 Å². The highest BCUT2D eigenvalue weighted by atomic mass is 16.6. The number of carbonyl (C=O) groups is 2. The molecule has 0 radical (unpaired) electrons. The van der Waals surface area contributed by atoms with Gasteiger partial charge in [-0.1, -0.05) is 30.3 Å². The van der Waals surface area contributed by atoms with Crippen LogP contribution in [0.4, 0.5) is 11.4 Å². The fraction of sp³-hybridized carbons (Fsp3) is 0.0435. The summed E-state index contributed by atoms with van der Waals surface area (Å²) >= 11 is 0. The molecule has 0 saturated heterocycles. The standard InChI is InChI=1S/C23H18N2O5/c26-22(15-10-17-8-13-21(14-9-17)25(28)29)30-16-18-6-11-19(12-7-18)23(27)24-20-4-2-1-3-5-20/h1-15H,16H2,(H,24,27)/b15-10+. The summed E-state index contributed by atoms with van der Waals surface area (Å²) in [4.78, 5) is 34.2. The second-order valence-electron chi connectivity index (χ2n) is 6.31. The largest absolute Gasteiger partial charge is 0.458 e. The molecule has 0 spiro atoms. The molecular formula is C23H18N2O5. The summed E-state index contributed by atoms with van der Waals surface area (Å²) in [5.74, 6) is -0.768. The van der Waals surface area contributed by atoms with Gasteiger partial charge in [-0.15, -0.1) is 0 Å². The monoisotopic (exact) mass is 402 g/mol. The lowest BCUT2D eigenvalue weighted by molar-refractivity contribution is -0.384. The maximum absolute atomic E-state index is 12.2. The molecule has 0 aliphatic carbocycles. The zero-order valence-electron chi connectivity index (χ0n) is 15.9. The first-order valence-electron chi connectivity index (χ1n) is 9.06. The number of non-ortho nitro benzene ring substituents is 1. The molecule has 0 aliphatic rings. The second kappa shape index (κ2) is 9.79. The van der Waals surface area contributed by atoms with Gasteiger partial charge in [-0.05, 0) is 53.6 Å². The maximum atomic E-state index is 12.2. The van der Waals surface area contributed by atoms with Gasteiger partial charge in [-0.2, -0.15) is 0 Å². The van der Waals surface area contributed by atoms with E-state index >= 15 is 0 Å². The van der Waals surface area contributed by atoms with Crippen LogP contribution in [-0.4, -0.2) is 16.8 Å². The molecule has 0 fully saturated rings. The van der Waals surface area contributed by atoms with Gasteiger partial charge in [0, 0.05) is 29.5 Å². The van der Waals surface area contributed by atoms with E-state index in [0.717, 1.165) is 5.56 Å². The van der Waals surface area contributed by atoms with Crippen LogP contribution in [0.1, 0.15) is 21.5 Å². The first-order chi connectivity index (χ1) is 14.5. The Morgan fingerprint density at radius 1 is 0.933 bits per heavy atom. The van der Waals surface area contributed by atoms with Crippen molar-refractivity contribution in [1.82, 2.24) is 0 Å². The van der Waals surface area contributed by atoms with E-state index in [9.17, 15) is 19.7 Å². The van der Waals surface area contributed by atoms with Gasteiger partial charge in [-0.3, -0.25) is 14.9 Å². The maximum Gasteiger partial charge on any atom is 0.331 e. The minimum Gasteiger partial charge on any atom is -0.458 e. The molecule has 7 heteroatoms. The van der Waals surface area contributed by atoms with Crippen molar-refractivity contribution in [2.45, 2.75) is 6.61 Å². The van der Waals surface area contributed by atoms with Crippen LogP contribution in [0.25, 0.3) is 6.08 Å². The van der Waals surface area contributed by atoms with Crippen LogP contribution in [0, 0.1) is 10.1 Å². The molecule has 1 amide bonds. The van der Waals surface area contributed by atoms with Crippen LogP contribution < -0.4 is 5.32 Å². The van der Waals surface area contributed by atoms with Crippen LogP contribution in [-0.2, 0) is 16.1 Å². The van der Waals surface area contributed by atoms with Gasteiger partial charge < -0.3 is 10.1 Å². The van der Waals surface area contributed by atoms with E-state index in [0.29, 0.717) is 16.8 Å². The number of ether oxygens (including phenoxy) is 1. The molecule has 7 nitrogen and oxygen atoms in total. The van der Waals surface area contributed by atoms with Gasteiger partial charge in [0.2, 0.25) is 0 Å². The average molecular weight is 402 g/mol. The van der Waals surface area contributed by atoms with Crippen molar-refractivity contribution < 1.29 is 19.2 Å². The molecule has 30 heavy (non-hydrogen) atoms. The van der Waals surface area contributed by atoms with Crippen molar-refractivity contribution in [1.29, 1.82) is 0 Å². The molecule has 0 saturated carbocycles. The quantitative estimate of drug-likeness (QED) is 0.269. The number of carbonyl (C=O) groups excluding carboxylic acids is 2. The summed E-state index contributed by atoms with van der Waals surface area (Å²) in [6.07, 6.45) is 2.77. The summed E-state index contributed by atoms with van der Waals surface area (Å²) in [5.41, 5.74) is 2.57. The van der Waals surface area contributed by atoms with Crippen molar-refractivity contribution >= 4 is 29.3 Å². The number of nitro benzene ring substituents is 1. The Labute approximate surface area is 172 Å². The number of nitro groups is 1. The highest BCUT2D eigenvalue weighted by Gasteiger charge is 2.07. The van der Waals surface area contributed by atoms with Crippen LogP contribution in [0.3, 0.4) is 0 Å². The third-order valence-corrected chi connectivity index (χ3v) is 4.14. The highest BCUT2D eigenvalue weighted by Crippen LogP contribution is 2.13. The molecule has 0 unspecified atom stereocenters. The van der Waals surface area contributed by atoms with Crippen LogP contribution >= 0.6 is 0 Å². The van der Waals surface area contributed by atoms with Crippen molar-refractivity contribution in [3.63, 3.8) is 0 Å². The number of nitrogens with one attached hydrogen (secondary N) is 1. The number of esters is 1. The Morgan fingerprint density at radius 2 is 1.60 bits per heavy atom. The van der Waals surface area contributed by atoms with Crippen molar-refractivity contribution in [2.24, 2.45) is 0 Å². The molecule has 3 aromatic rings. The van der Waals surface area contributed by atoms with Crippen LogP contribution in [0.15, 0.2) is 84.9 Å². The number of para-hydroxylation sites is 1. The summed E-state index contributed by atoms with van der Waals surface area (Å²) in [6.45, 7) is 0.0595. The molecule has 0 heterocycles. The van der Waals surface area contributed by atoms with Crippen LogP contribution in [0.2, 0.25) is 0 Å². The Morgan fingerprint density at radius 3 is 2.23 bits per heavy atom. The number of anilines is 1. The smallest absolute Gasteiger partial charge is 0.331 e. The topological polar surface area (TPSA) is 98.5 Å². The van der Waals surface area contributed by atoms with Gasteiger partial charge in [0.1, 0.15) is 6.61 Å².